The minimum Gasteiger partial charge on any atom is -0.390 e. The highest BCUT2D eigenvalue weighted by molar-refractivity contribution is 5.10. The van der Waals surface area contributed by atoms with Crippen molar-refractivity contribution in [3.63, 3.8) is 0 Å². The Kier molecular flexibility index (Phi) is 3.09. The molecule has 2 aromatic heterocycles. The lowest BCUT2D eigenvalue weighted by Crippen LogP contribution is -2.04. The summed E-state index contributed by atoms with van der Waals surface area (Å²) in [4.78, 5) is 7.96. The van der Waals surface area contributed by atoms with Gasteiger partial charge in [0.15, 0.2) is 0 Å². The maximum Gasteiger partial charge on any atom is 0.0948 e. The highest BCUT2D eigenvalue weighted by Crippen LogP contribution is 2.03. The number of aromatic nitrogens is 3. The fourth-order valence-electron chi connectivity index (χ4n) is 1.48. The molecule has 0 unspecified atom stereocenters. The fourth-order valence-corrected chi connectivity index (χ4v) is 1.48. The molecule has 0 spiro atoms. The van der Waals surface area contributed by atoms with Gasteiger partial charge in [0.25, 0.3) is 0 Å². The molecule has 4 heteroatoms. The van der Waals surface area contributed by atoms with Crippen molar-refractivity contribution >= 4 is 0 Å². The number of aliphatic hydroxyl groups excluding tert-OH is 1. The molecule has 78 valence electrons. The third-order valence-corrected chi connectivity index (χ3v) is 2.35. The van der Waals surface area contributed by atoms with Crippen molar-refractivity contribution in [3.05, 3.63) is 48.3 Å². The highest BCUT2D eigenvalue weighted by atomic mass is 16.3. The van der Waals surface area contributed by atoms with E-state index in [9.17, 15) is 0 Å². The Morgan fingerprint density at radius 1 is 1.20 bits per heavy atom. The Bertz CT molecular complexity index is 411. The standard InChI is InChI=1S/C11H13N3O/c15-8-11-7-13-9-14(11)6-3-10-1-4-12-5-2-10/h1-2,4-5,7,9,15H,3,6,8H2. The van der Waals surface area contributed by atoms with Crippen molar-refractivity contribution in [2.75, 3.05) is 0 Å². The van der Waals surface area contributed by atoms with E-state index >= 15 is 0 Å². The molecule has 2 heterocycles. The largest absolute Gasteiger partial charge is 0.390 e. The SMILES string of the molecule is OCc1cncn1CCc1ccncc1. The molecule has 0 amide bonds. The van der Waals surface area contributed by atoms with Crippen molar-refractivity contribution in [1.82, 2.24) is 14.5 Å². The van der Waals surface area contributed by atoms with Crippen LogP contribution in [0.4, 0.5) is 0 Å². The predicted molar refractivity (Wildman–Crippen MR) is 56.1 cm³/mol. The van der Waals surface area contributed by atoms with E-state index in [1.54, 1.807) is 24.9 Å². The van der Waals surface area contributed by atoms with Crippen LogP contribution in [0.2, 0.25) is 0 Å². The first-order chi connectivity index (χ1) is 7.40. The van der Waals surface area contributed by atoms with E-state index in [2.05, 4.69) is 9.97 Å². The zero-order chi connectivity index (χ0) is 10.5. The molecule has 15 heavy (non-hydrogen) atoms. The average Bonchev–Trinajstić information content (AvgIpc) is 2.75. The Balaban J connectivity index is 1.99. The lowest BCUT2D eigenvalue weighted by molar-refractivity contribution is 0.270. The molecule has 0 fully saturated rings. The summed E-state index contributed by atoms with van der Waals surface area (Å²) in [5.41, 5.74) is 2.09. The van der Waals surface area contributed by atoms with Crippen LogP contribution >= 0.6 is 0 Å². The number of aryl methyl sites for hydroxylation is 2. The van der Waals surface area contributed by atoms with Crippen LogP contribution in [0.1, 0.15) is 11.3 Å². The highest BCUT2D eigenvalue weighted by Gasteiger charge is 2.00. The molecule has 0 radical (unpaired) electrons. The van der Waals surface area contributed by atoms with Gasteiger partial charge in [-0.1, -0.05) is 0 Å². The number of imidazole rings is 1. The number of pyridine rings is 1. The second kappa shape index (κ2) is 4.70. The monoisotopic (exact) mass is 203 g/mol. The number of hydrogen-bond acceptors (Lipinski definition) is 3. The molecule has 4 nitrogen and oxygen atoms in total. The maximum atomic E-state index is 9.03. The zero-order valence-electron chi connectivity index (χ0n) is 8.37. The van der Waals surface area contributed by atoms with Crippen LogP contribution in [0.3, 0.4) is 0 Å². The van der Waals surface area contributed by atoms with Gasteiger partial charge in [-0.25, -0.2) is 4.98 Å². The number of aliphatic hydroxyl groups is 1. The first-order valence-corrected chi connectivity index (χ1v) is 4.89. The van der Waals surface area contributed by atoms with E-state index in [1.807, 2.05) is 16.7 Å². The van der Waals surface area contributed by atoms with Crippen molar-refractivity contribution in [2.45, 2.75) is 19.6 Å². The molecule has 0 aliphatic carbocycles. The van der Waals surface area contributed by atoms with E-state index in [4.69, 9.17) is 5.11 Å². The van der Waals surface area contributed by atoms with Crippen molar-refractivity contribution in [2.24, 2.45) is 0 Å². The topological polar surface area (TPSA) is 50.9 Å². The maximum absolute atomic E-state index is 9.03. The minimum absolute atomic E-state index is 0.0380. The smallest absolute Gasteiger partial charge is 0.0948 e. The Labute approximate surface area is 88.2 Å². The summed E-state index contributed by atoms with van der Waals surface area (Å²) in [5, 5.41) is 9.03. The second-order valence-corrected chi connectivity index (χ2v) is 3.34. The van der Waals surface area contributed by atoms with Crippen LogP contribution in [0.5, 0.6) is 0 Å². The van der Waals surface area contributed by atoms with E-state index in [-0.39, 0.29) is 6.61 Å². The van der Waals surface area contributed by atoms with Gasteiger partial charge in [0.1, 0.15) is 0 Å². The van der Waals surface area contributed by atoms with Crippen LogP contribution in [-0.2, 0) is 19.6 Å². The fraction of sp³-hybridized carbons (Fsp3) is 0.273. The van der Waals surface area contributed by atoms with Crippen molar-refractivity contribution in [3.8, 4) is 0 Å². The van der Waals surface area contributed by atoms with Gasteiger partial charge in [-0.3, -0.25) is 4.98 Å². The summed E-state index contributed by atoms with van der Waals surface area (Å²) in [7, 11) is 0. The van der Waals surface area contributed by atoms with Crippen LogP contribution in [0, 0.1) is 0 Å². The number of nitrogens with zero attached hydrogens (tertiary/aromatic N) is 3. The predicted octanol–water partition coefficient (Wildman–Crippen LogP) is 1.01. The Morgan fingerprint density at radius 3 is 2.73 bits per heavy atom. The molecular formula is C11H13N3O. The van der Waals surface area contributed by atoms with Crippen LogP contribution in [0.15, 0.2) is 37.1 Å². The number of hydrogen-bond donors (Lipinski definition) is 1. The molecule has 2 rings (SSSR count). The van der Waals surface area contributed by atoms with E-state index in [1.165, 1.54) is 5.56 Å². The van der Waals surface area contributed by atoms with Gasteiger partial charge in [-0.05, 0) is 24.1 Å². The van der Waals surface area contributed by atoms with Gasteiger partial charge in [0.2, 0.25) is 0 Å². The van der Waals surface area contributed by atoms with Gasteiger partial charge in [0.05, 0.1) is 24.8 Å². The van der Waals surface area contributed by atoms with E-state index in [0.717, 1.165) is 18.7 Å². The molecule has 0 aromatic carbocycles. The lowest BCUT2D eigenvalue weighted by atomic mass is 10.2. The van der Waals surface area contributed by atoms with Gasteiger partial charge >= 0.3 is 0 Å². The second-order valence-electron chi connectivity index (χ2n) is 3.34. The van der Waals surface area contributed by atoms with Crippen molar-refractivity contribution < 1.29 is 5.11 Å². The molecule has 0 atom stereocenters. The summed E-state index contributed by atoms with van der Waals surface area (Å²) in [6.07, 6.45) is 7.93. The zero-order valence-corrected chi connectivity index (χ0v) is 8.37. The third kappa shape index (κ3) is 2.41. The number of rotatable bonds is 4. The van der Waals surface area contributed by atoms with Gasteiger partial charge in [-0.15, -0.1) is 0 Å². The van der Waals surface area contributed by atoms with E-state index < -0.39 is 0 Å². The van der Waals surface area contributed by atoms with Crippen LogP contribution in [-0.4, -0.2) is 19.6 Å². The van der Waals surface area contributed by atoms with Gasteiger partial charge in [0, 0.05) is 18.9 Å². The summed E-state index contributed by atoms with van der Waals surface area (Å²) >= 11 is 0. The Morgan fingerprint density at radius 2 is 2.00 bits per heavy atom. The Hall–Kier alpha value is -1.68. The van der Waals surface area contributed by atoms with Crippen LogP contribution in [0.25, 0.3) is 0 Å². The van der Waals surface area contributed by atoms with Gasteiger partial charge < -0.3 is 9.67 Å². The summed E-state index contributed by atoms with van der Waals surface area (Å²) in [6, 6.07) is 3.99. The van der Waals surface area contributed by atoms with Gasteiger partial charge in [-0.2, -0.15) is 0 Å². The molecule has 0 aliphatic heterocycles. The minimum atomic E-state index is 0.0380. The summed E-state index contributed by atoms with van der Waals surface area (Å²) < 4.78 is 1.96. The average molecular weight is 203 g/mol. The molecule has 0 saturated heterocycles. The van der Waals surface area contributed by atoms with Crippen LogP contribution < -0.4 is 0 Å². The first kappa shape index (κ1) is 9.86. The molecule has 0 aliphatic rings. The molecule has 1 N–H and O–H groups in total. The molecule has 2 aromatic rings. The summed E-state index contributed by atoms with van der Waals surface area (Å²) in [6.45, 7) is 0.871. The molecule has 0 bridgehead atoms. The first-order valence-electron chi connectivity index (χ1n) is 4.89. The van der Waals surface area contributed by atoms with E-state index in [0.29, 0.717) is 0 Å². The normalized spacial score (nSPS) is 10.5. The molecular weight excluding hydrogens is 190 g/mol. The lowest BCUT2D eigenvalue weighted by Gasteiger charge is -2.05. The third-order valence-electron chi connectivity index (χ3n) is 2.35. The molecule has 0 saturated carbocycles. The van der Waals surface area contributed by atoms with Crippen molar-refractivity contribution in [1.29, 1.82) is 0 Å². The quantitative estimate of drug-likeness (QED) is 0.807. The summed E-state index contributed by atoms with van der Waals surface area (Å²) in [5.74, 6) is 0.